The number of Topliss-reactive ketones (excluding diaryl/α,β-unsaturated/α-hetero) is 1. The van der Waals surface area contributed by atoms with Gasteiger partial charge >= 0.3 is 6.18 Å². The van der Waals surface area contributed by atoms with Crippen LogP contribution in [-0.4, -0.2) is 10.4 Å². The van der Waals surface area contributed by atoms with E-state index in [2.05, 4.69) is 4.99 Å². The van der Waals surface area contributed by atoms with Crippen molar-refractivity contribution < 1.29 is 18.0 Å². The number of thiazole rings is 1. The highest BCUT2D eigenvalue weighted by atomic mass is 32.1. The summed E-state index contributed by atoms with van der Waals surface area (Å²) >= 11 is 1.29. The smallest absolute Gasteiger partial charge is 0.317 e. The Bertz CT molecular complexity index is 811. The largest absolute Gasteiger partial charge is 0.416 e. The Morgan fingerprint density at radius 2 is 1.87 bits per heavy atom. The van der Waals surface area contributed by atoms with Crippen molar-refractivity contribution in [2.24, 2.45) is 4.99 Å². The number of benzene rings is 1. The molecule has 0 atom stereocenters. The Morgan fingerprint density at radius 1 is 1.26 bits per heavy atom. The Morgan fingerprint density at radius 3 is 2.35 bits per heavy atom. The van der Waals surface area contributed by atoms with E-state index >= 15 is 0 Å². The van der Waals surface area contributed by atoms with Crippen LogP contribution in [0.25, 0.3) is 0 Å². The highest BCUT2D eigenvalue weighted by Gasteiger charge is 2.30. The van der Waals surface area contributed by atoms with Gasteiger partial charge in [-0.3, -0.25) is 4.79 Å². The third-order valence-electron chi connectivity index (χ3n) is 3.74. The van der Waals surface area contributed by atoms with Gasteiger partial charge < -0.3 is 4.57 Å². The lowest BCUT2D eigenvalue weighted by Gasteiger charge is -2.06. The normalized spacial score (nSPS) is 16.0. The molecule has 122 valence electrons. The number of hydrogen-bond donors (Lipinski definition) is 0. The van der Waals surface area contributed by atoms with Crippen LogP contribution < -0.4 is 4.80 Å². The summed E-state index contributed by atoms with van der Waals surface area (Å²) in [4.78, 5) is 17.5. The fourth-order valence-electron chi connectivity index (χ4n) is 2.47. The molecule has 1 aliphatic carbocycles. The molecule has 3 rings (SSSR count). The van der Waals surface area contributed by atoms with Gasteiger partial charge in [-0.2, -0.15) is 13.2 Å². The Hall–Kier alpha value is -1.89. The van der Waals surface area contributed by atoms with Gasteiger partial charge in [-0.15, -0.1) is 0 Å². The van der Waals surface area contributed by atoms with Crippen LogP contribution >= 0.6 is 11.3 Å². The molecule has 0 spiro atoms. The summed E-state index contributed by atoms with van der Waals surface area (Å²) in [6, 6.07) is 5.08. The molecule has 1 aromatic carbocycles. The second-order valence-electron chi connectivity index (χ2n) is 5.61. The zero-order valence-electron chi connectivity index (χ0n) is 12.6. The van der Waals surface area contributed by atoms with Gasteiger partial charge in [-0.1, -0.05) is 11.3 Å². The summed E-state index contributed by atoms with van der Waals surface area (Å²) in [7, 11) is 0. The van der Waals surface area contributed by atoms with Crippen molar-refractivity contribution in [3.63, 3.8) is 0 Å². The molecule has 3 nitrogen and oxygen atoms in total. The molecule has 1 fully saturated rings. The lowest BCUT2D eigenvalue weighted by Crippen LogP contribution is -2.14. The summed E-state index contributed by atoms with van der Waals surface area (Å²) in [5, 5.41) is 0. The van der Waals surface area contributed by atoms with Crippen molar-refractivity contribution >= 4 is 22.8 Å². The molecule has 1 saturated carbocycles. The van der Waals surface area contributed by atoms with Crippen molar-refractivity contribution in [2.75, 3.05) is 0 Å². The summed E-state index contributed by atoms with van der Waals surface area (Å²) in [5.74, 6) is -0.0178. The Kier molecular flexibility index (Phi) is 3.91. The monoisotopic (exact) mass is 340 g/mol. The van der Waals surface area contributed by atoms with Crippen LogP contribution in [0, 0.1) is 6.92 Å². The van der Waals surface area contributed by atoms with Gasteiger partial charge in [-0.05, 0) is 44.0 Å². The molecule has 0 saturated heterocycles. The summed E-state index contributed by atoms with van der Waals surface area (Å²) in [6.45, 7) is 3.40. The average Bonchev–Trinajstić information content (AvgIpc) is 3.23. The molecule has 0 radical (unpaired) electrons. The summed E-state index contributed by atoms with van der Waals surface area (Å²) in [6.07, 6.45) is -2.28. The van der Waals surface area contributed by atoms with E-state index in [1.807, 2.05) is 11.5 Å². The van der Waals surface area contributed by atoms with Crippen molar-refractivity contribution in [3.8, 4) is 0 Å². The zero-order chi connectivity index (χ0) is 16.8. The van der Waals surface area contributed by atoms with Gasteiger partial charge in [0.2, 0.25) is 0 Å². The highest BCUT2D eigenvalue weighted by molar-refractivity contribution is 7.11. The van der Waals surface area contributed by atoms with Crippen molar-refractivity contribution in [3.05, 3.63) is 45.2 Å². The third kappa shape index (κ3) is 3.24. The second-order valence-corrected chi connectivity index (χ2v) is 6.59. The first kappa shape index (κ1) is 16.0. The Labute approximate surface area is 135 Å². The van der Waals surface area contributed by atoms with Crippen LogP contribution in [0.5, 0.6) is 0 Å². The number of aromatic nitrogens is 1. The van der Waals surface area contributed by atoms with Crippen LogP contribution in [0.4, 0.5) is 18.9 Å². The van der Waals surface area contributed by atoms with E-state index in [-0.39, 0.29) is 5.78 Å². The quantitative estimate of drug-likeness (QED) is 0.749. The number of nitrogens with zero attached hydrogens (tertiary/aromatic N) is 2. The maximum atomic E-state index is 12.6. The molecule has 1 aliphatic rings. The van der Waals surface area contributed by atoms with E-state index in [1.54, 1.807) is 0 Å². The minimum Gasteiger partial charge on any atom is -0.317 e. The van der Waals surface area contributed by atoms with Crippen molar-refractivity contribution in [2.45, 2.75) is 38.9 Å². The molecule has 0 amide bonds. The maximum absolute atomic E-state index is 12.6. The van der Waals surface area contributed by atoms with E-state index in [1.165, 1.54) is 30.4 Å². The Balaban J connectivity index is 2.05. The van der Waals surface area contributed by atoms with E-state index < -0.39 is 11.7 Å². The fourth-order valence-corrected chi connectivity index (χ4v) is 3.58. The lowest BCUT2D eigenvalue weighted by atomic mass is 10.2. The standard InChI is InChI=1S/C16H15F3N2OS/c1-9-14(10(2)22)23-15(21(9)13-7-8-13)20-12-5-3-11(4-6-12)16(17,18)19/h3-6,13H,7-8H2,1-2H3/b20-15-. The lowest BCUT2D eigenvalue weighted by molar-refractivity contribution is -0.137. The molecule has 0 bridgehead atoms. The van der Waals surface area contributed by atoms with Gasteiger partial charge in [0.1, 0.15) is 0 Å². The van der Waals surface area contributed by atoms with Gasteiger partial charge in [0.05, 0.1) is 16.1 Å². The molecule has 23 heavy (non-hydrogen) atoms. The molecule has 1 aromatic heterocycles. The van der Waals surface area contributed by atoms with Gasteiger partial charge in [-0.25, -0.2) is 4.99 Å². The van der Waals surface area contributed by atoms with E-state index in [9.17, 15) is 18.0 Å². The fraction of sp³-hybridized carbons (Fsp3) is 0.375. The van der Waals surface area contributed by atoms with E-state index in [4.69, 9.17) is 0 Å². The highest BCUT2D eigenvalue weighted by Crippen LogP contribution is 2.36. The molecular formula is C16H15F3N2OS. The number of carbonyl (C=O) groups excluding carboxylic acids is 1. The number of ketones is 1. The number of hydrogen-bond acceptors (Lipinski definition) is 3. The van der Waals surface area contributed by atoms with E-state index in [0.717, 1.165) is 30.7 Å². The molecule has 2 aromatic rings. The first-order valence-electron chi connectivity index (χ1n) is 7.22. The number of alkyl halides is 3. The van der Waals surface area contributed by atoms with E-state index in [0.29, 0.717) is 21.4 Å². The van der Waals surface area contributed by atoms with Crippen LogP contribution in [0.3, 0.4) is 0 Å². The van der Waals surface area contributed by atoms with Crippen molar-refractivity contribution in [1.29, 1.82) is 0 Å². The predicted octanol–water partition coefficient (Wildman–Crippen LogP) is 4.65. The first-order chi connectivity index (χ1) is 10.8. The summed E-state index contributed by atoms with van der Waals surface area (Å²) < 4.78 is 39.8. The molecular weight excluding hydrogens is 325 g/mol. The zero-order valence-corrected chi connectivity index (χ0v) is 13.5. The van der Waals surface area contributed by atoms with Crippen LogP contribution in [0.1, 0.15) is 46.7 Å². The summed E-state index contributed by atoms with van der Waals surface area (Å²) in [5.41, 5.74) is 0.637. The first-order valence-corrected chi connectivity index (χ1v) is 8.04. The van der Waals surface area contributed by atoms with Crippen LogP contribution in [-0.2, 0) is 6.18 Å². The van der Waals surface area contributed by atoms with Gasteiger partial charge in [0, 0.05) is 18.7 Å². The second kappa shape index (κ2) is 5.63. The third-order valence-corrected chi connectivity index (χ3v) is 5.00. The SMILES string of the molecule is CC(=O)c1s/c(=N\c2ccc(C(F)(F)F)cc2)n(C2CC2)c1C. The molecule has 1 heterocycles. The number of rotatable bonds is 3. The number of halogens is 3. The van der Waals surface area contributed by atoms with Crippen LogP contribution in [0.2, 0.25) is 0 Å². The minimum atomic E-state index is -4.35. The van der Waals surface area contributed by atoms with Crippen LogP contribution in [0.15, 0.2) is 29.3 Å². The molecule has 0 aliphatic heterocycles. The molecule has 0 N–H and O–H groups in total. The van der Waals surface area contributed by atoms with Gasteiger partial charge in [0.15, 0.2) is 10.6 Å². The van der Waals surface area contributed by atoms with Gasteiger partial charge in [0.25, 0.3) is 0 Å². The topological polar surface area (TPSA) is 34.4 Å². The molecule has 0 unspecified atom stereocenters. The number of carbonyl (C=O) groups is 1. The van der Waals surface area contributed by atoms with Crippen molar-refractivity contribution in [1.82, 2.24) is 4.57 Å². The predicted molar refractivity (Wildman–Crippen MR) is 82.0 cm³/mol. The average molecular weight is 340 g/mol. The minimum absolute atomic E-state index is 0.0178. The molecule has 7 heteroatoms. The maximum Gasteiger partial charge on any atom is 0.416 e.